The van der Waals surface area contributed by atoms with Crippen LogP contribution in [0.1, 0.15) is 36.7 Å². The Kier molecular flexibility index (Phi) is 10.3. The molecule has 5 nitrogen and oxygen atoms in total. The van der Waals surface area contributed by atoms with Crippen molar-refractivity contribution in [3.63, 3.8) is 0 Å². The van der Waals surface area contributed by atoms with Gasteiger partial charge in [0.25, 0.3) is 0 Å². The Hall–Kier alpha value is -1.57. The largest absolute Gasteiger partial charge is 0.357 e. The summed E-state index contributed by atoms with van der Waals surface area (Å²) in [7, 11) is 2.10. The lowest BCUT2D eigenvalue weighted by Gasteiger charge is -2.23. The van der Waals surface area contributed by atoms with E-state index in [1.165, 1.54) is 11.1 Å². The predicted molar refractivity (Wildman–Crippen MR) is 120 cm³/mol. The van der Waals surface area contributed by atoms with Gasteiger partial charge in [0.15, 0.2) is 5.96 Å². The summed E-state index contributed by atoms with van der Waals surface area (Å²) in [6.45, 7) is 9.91. The number of nitrogens with zero attached hydrogens (tertiary/aromatic N) is 4. The maximum absolute atomic E-state index is 4.79. The fraction of sp³-hybridized carbons (Fsp3) is 0.500. The molecule has 2 aromatic rings. The first kappa shape index (κ1) is 22.5. The lowest BCUT2D eigenvalue weighted by Crippen LogP contribution is -2.38. The molecule has 2 rings (SSSR count). The maximum atomic E-state index is 4.79. The van der Waals surface area contributed by atoms with E-state index in [1.54, 1.807) is 0 Å². The fourth-order valence-corrected chi connectivity index (χ4v) is 2.81. The van der Waals surface area contributed by atoms with Gasteiger partial charge in [-0.1, -0.05) is 24.3 Å². The summed E-state index contributed by atoms with van der Waals surface area (Å²) >= 11 is 0. The third-order valence-corrected chi connectivity index (χ3v) is 4.36. The highest BCUT2D eigenvalue weighted by molar-refractivity contribution is 14.0. The molecule has 26 heavy (non-hydrogen) atoms. The van der Waals surface area contributed by atoms with Crippen LogP contribution < -0.4 is 5.32 Å². The molecule has 1 N–H and O–H groups in total. The first-order chi connectivity index (χ1) is 12.1. The number of hydrogen-bond acceptors (Lipinski definition) is 2. The van der Waals surface area contributed by atoms with Crippen LogP contribution in [0.5, 0.6) is 0 Å². The van der Waals surface area contributed by atoms with Gasteiger partial charge in [-0.05, 0) is 44.7 Å². The third kappa shape index (κ3) is 6.97. The average Bonchev–Trinajstić information content (AvgIpc) is 3.00. The second kappa shape index (κ2) is 11.9. The first-order valence-electron chi connectivity index (χ1n) is 9.13. The van der Waals surface area contributed by atoms with Crippen LogP contribution in [0.15, 0.2) is 41.7 Å². The summed E-state index contributed by atoms with van der Waals surface area (Å²) in [6, 6.07) is 8.52. The summed E-state index contributed by atoms with van der Waals surface area (Å²) in [6.07, 6.45) is 6.09. The van der Waals surface area contributed by atoms with Crippen LogP contribution in [0.3, 0.4) is 0 Å². The van der Waals surface area contributed by atoms with Crippen molar-refractivity contribution >= 4 is 29.9 Å². The molecule has 1 heterocycles. The number of benzene rings is 1. The van der Waals surface area contributed by atoms with Crippen molar-refractivity contribution in [1.29, 1.82) is 0 Å². The van der Waals surface area contributed by atoms with Gasteiger partial charge in [-0.3, -0.25) is 4.99 Å². The number of aliphatic imine (C=N–C) groups is 1. The van der Waals surface area contributed by atoms with Gasteiger partial charge in [0.2, 0.25) is 0 Å². The highest BCUT2D eigenvalue weighted by Crippen LogP contribution is 2.09. The standard InChI is InChI=1S/C20H31N5.HI/c1-5-21-20(24(4)16-19-11-7-6-10-17(19)2)23-12-8-9-14-25-15-13-22-18(25)3;/h6-7,10-11,13,15H,5,8-9,12,14,16H2,1-4H3,(H,21,23);1H. The van der Waals surface area contributed by atoms with Gasteiger partial charge >= 0.3 is 0 Å². The second-order valence-electron chi connectivity index (χ2n) is 6.39. The molecule has 0 unspecified atom stereocenters. The summed E-state index contributed by atoms with van der Waals surface area (Å²) in [4.78, 5) is 11.2. The average molecular weight is 469 g/mol. The third-order valence-electron chi connectivity index (χ3n) is 4.36. The molecule has 0 aliphatic carbocycles. The monoisotopic (exact) mass is 469 g/mol. The number of unbranched alkanes of at least 4 members (excludes halogenated alkanes) is 1. The molecule has 0 bridgehead atoms. The zero-order valence-electron chi connectivity index (χ0n) is 16.4. The van der Waals surface area contributed by atoms with Gasteiger partial charge < -0.3 is 14.8 Å². The summed E-state index contributed by atoms with van der Waals surface area (Å²) in [5.74, 6) is 2.05. The van der Waals surface area contributed by atoms with Crippen molar-refractivity contribution in [2.24, 2.45) is 4.99 Å². The van der Waals surface area contributed by atoms with E-state index in [-0.39, 0.29) is 24.0 Å². The minimum absolute atomic E-state index is 0. The summed E-state index contributed by atoms with van der Waals surface area (Å²) in [5, 5.41) is 3.40. The van der Waals surface area contributed by atoms with Crippen molar-refractivity contribution in [2.75, 3.05) is 20.1 Å². The molecule has 0 spiro atoms. The molecule has 0 aliphatic heterocycles. The minimum atomic E-state index is 0. The molecule has 0 atom stereocenters. The highest BCUT2D eigenvalue weighted by atomic mass is 127. The predicted octanol–water partition coefficient (Wildman–Crippen LogP) is 4.00. The first-order valence-corrected chi connectivity index (χ1v) is 9.13. The molecule has 0 saturated heterocycles. The molecular formula is C20H32IN5. The van der Waals surface area contributed by atoms with Crippen LogP contribution in [0, 0.1) is 13.8 Å². The molecule has 0 radical (unpaired) electrons. The Morgan fingerprint density at radius 3 is 2.65 bits per heavy atom. The number of aromatic nitrogens is 2. The molecule has 1 aromatic heterocycles. The van der Waals surface area contributed by atoms with Gasteiger partial charge in [0.1, 0.15) is 5.82 Å². The van der Waals surface area contributed by atoms with Crippen LogP contribution in [0.2, 0.25) is 0 Å². The van der Waals surface area contributed by atoms with Crippen molar-refractivity contribution < 1.29 is 0 Å². The minimum Gasteiger partial charge on any atom is -0.357 e. The van der Waals surface area contributed by atoms with Gasteiger partial charge in [0.05, 0.1) is 0 Å². The van der Waals surface area contributed by atoms with Crippen molar-refractivity contribution in [3.8, 4) is 0 Å². The molecular weight excluding hydrogens is 437 g/mol. The van der Waals surface area contributed by atoms with Crippen molar-refractivity contribution in [2.45, 2.75) is 46.7 Å². The highest BCUT2D eigenvalue weighted by Gasteiger charge is 2.07. The molecule has 1 aromatic carbocycles. The van der Waals surface area contributed by atoms with Gasteiger partial charge in [0, 0.05) is 45.6 Å². The van der Waals surface area contributed by atoms with E-state index >= 15 is 0 Å². The Labute approximate surface area is 174 Å². The van der Waals surface area contributed by atoms with E-state index in [1.807, 2.05) is 19.3 Å². The molecule has 0 saturated carbocycles. The Morgan fingerprint density at radius 2 is 2.00 bits per heavy atom. The van der Waals surface area contributed by atoms with Gasteiger partial charge in [-0.15, -0.1) is 24.0 Å². The summed E-state index contributed by atoms with van der Waals surface area (Å²) in [5.41, 5.74) is 2.66. The number of halogens is 1. The number of aryl methyl sites for hydroxylation is 3. The van der Waals surface area contributed by atoms with Crippen molar-refractivity contribution in [1.82, 2.24) is 19.8 Å². The Morgan fingerprint density at radius 1 is 1.23 bits per heavy atom. The zero-order valence-corrected chi connectivity index (χ0v) is 18.7. The molecule has 144 valence electrons. The lowest BCUT2D eigenvalue weighted by atomic mass is 10.1. The summed E-state index contributed by atoms with van der Waals surface area (Å²) < 4.78 is 2.19. The zero-order chi connectivity index (χ0) is 18.1. The van der Waals surface area contributed by atoms with E-state index in [0.717, 1.165) is 50.8 Å². The number of rotatable bonds is 8. The van der Waals surface area contributed by atoms with Crippen LogP contribution >= 0.6 is 24.0 Å². The number of imidazole rings is 1. The Bertz CT molecular complexity index is 680. The number of guanidine groups is 1. The smallest absolute Gasteiger partial charge is 0.193 e. The number of nitrogens with one attached hydrogen (secondary N) is 1. The molecule has 0 aliphatic rings. The van der Waals surface area contributed by atoms with Gasteiger partial charge in [-0.2, -0.15) is 0 Å². The van der Waals surface area contributed by atoms with E-state index < -0.39 is 0 Å². The second-order valence-corrected chi connectivity index (χ2v) is 6.39. The van der Waals surface area contributed by atoms with Gasteiger partial charge in [-0.25, -0.2) is 4.98 Å². The van der Waals surface area contributed by atoms with E-state index in [0.29, 0.717) is 0 Å². The SMILES string of the molecule is CCNC(=NCCCCn1ccnc1C)N(C)Cc1ccccc1C.I. The maximum Gasteiger partial charge on any atom is 0.193 e. The topological polar surface area (TPSA) is 45.5 Å². The van der Waals surface area contributed by atoms with Crippen molar-refractivity contribution in [3.05, 3.63) is 53.6 Å². The van der Waals surface area contributed by atoms with Crippen LogP contribution in [0.4, 0.5) is 0 Å². The van der Waals surface area contributed by atoms with E-state index in [9.17, 15) is 0 Å². The van der Waals surface area contributed by atoms with Crippen LogP contribution in [-0.4, -0.2) is 40.5 Å². The quantitative estimate of drug-likeness (QED) is 0.275. The van der Waals surface area contributed by atoms with Crippen LogP contribution in [-0.2, 0) is 13.1 Å². The van der Waals surface area contributed by atoms with Crippen LogP contribution in [0.25, 0.3) is 0 Å². The normalized spacial score (nSPS) is 11.2. The lowest BCUT2D eigenvalue weighted by molar-refractivity contribution is 0.474. The fourth-order valence-electron chi connectivity index (χ4n) is 2.81. The molecule has 0 fully saturated rings. The van der Waals surface area contributed by atoms with E-state index in [2.05, 4.69) is 64.9 Å². The van der Waals surface area contributed by atoms with E-state index in [4.69, 9.17) is 4.99 Å². The molecule has 0 amide bonds. The number of hydrogen-bond donors (Lipinski definition) is 1. The molecule has 6 heteroatoms. The Balaban J connectivity index is 0.00000338.